The van der Waals surface area contributed by atoms with Crippen molar-refractivity contribution in [1.29, 1.82) is 0 Å². The monoisotopic (exact) mass is 275 g/mol. The summed E-state index contributed by atoms with van der Waals surface area (Å²) in [7, 11) is 0. The van der Waals surface area contributed by atoms with Crippen molar-refractivity contribution in [3.63, 3.8) is 0 Å². The Labute approximate surface area is 119 Å². The number of amides is 1. The van der Waals surface area contributed by atoms with Crippen LogP contribution in [0.3, 0.4) is 0 Å². The summed E-state index contributed by atoms with van der Waals surface area (Å²) < 4.78 is 0. The van der Waals surface area contributed by atoms with E-state index >= 15 is 0 Å². The zero-order valence-electron chi connectivity index (χ0n) is 11.6. The average Bonchev–Trinajstić information content (AvgIpc) is 2.47. The van der Waals surface area contributed by atoms with E-state index in [0.29, 0.717) is 25.7 Å². The van der Waals surface area contributed by atoms with Crippen LogP contribution in [0.2, 0.25) is 0 Å². The highest BCUT2D eigenvalue weighted by Crippen LogP contribution is 2.28. The van der Waals surface area contributed by atoms with Crippen LogP contribution in [0.4, 0.5) is 0 Å². The molecule has 2 rings (SSSR count). The van der Waals surface area contributed by atoms with Gasteiger partial charge in [0.25, 0.3) is 0 Å². The number of carboxylic acids is 1. The number of benzene rings is 1. The smallest absolute Gasteiger partial charge is 0.329 e. The highest BCUT2D eigenvalue weighted by atomic mass is 16.4. The molecule has 0 radical (unpaired) electrons. The number of carbonyl (C=O) groups excluding carboxylic acids is 1. The maximum atomic E-state index is 12.0. The van der Waals surface area contributed by atoms with E-state index in [1.54, 1.807) is 0 Å². The van der Waals surface area contributed by atoms with Gasteiger partial charge in [0.2, 0.25) is 5.91 Å². The number of hydrogen-bond donors (Lipinski definition) is 2. The van der Waals surface area contributed by atoms with Crippen LogP contribution in [0.15, 0.2) is 30.3 Å². The second-order valence-electron chi connectivity index (χ2n) is 5.48. The van der Waals surface area contributed by atoms with Crippen LogP contribution < -0.4 is 5.32 Å². The largest absolute Gasteiger partial charge is 0.480 e. The molecule has 0 spiro atoms. The highest BCUT2D eigenvalue weighted by molar-refractivity contribution is 5.87. The Morgan fingerprint density at radius 1 is 1.10 bits per heavy atom. The van der Waals surface area contributed by atoms with E-state index in [-0.39, 0.29) is 5.91 Å². The van der Waals surface area contributed by atoms with E-state index in [4.69, 9.17) is 0 Å². The lowest BCUT2D eigenvalue weighted by Gasteiger charge is -2.34. The first kappa shape index (κ1) is 14.6. The SMILES string of the molecule is O=C(CCc1ccccc1)NC1(C(=O)O)CCCCC1. The number of hydrogen-bond acceptors (Lipinski definition) is 2. The van der Waals surface area contributed by atoms with Crippen LogP contribution in [0.1, 0.15) is 44.1 Å². The normalized spacial score (nSPS) is 17.4. The zero-order valence-corrected chi connectivity index (χ0v) is 11.6. The fourth-order valence-corrected chi connectivity index (χ4v) is 2.78. The molecule has 1 fully saturated rings. The Morgan fingerprint density at radius 2 is 1.75 bits per heavy atom. The Hall–Kier alpha value is -1.84. The van der Waals surface area contributed by atoms with E-state index in [0.717, 1.165) is 24.8 Å². The van der Waals surface area contributed by atoms with Crippen LogP contribution in [0.5, 0.6) is 0 Å². The van der Waals surface area contributed by atoms with Crippen molar-refractivity contribution >= 4 is 11.9 Å². The number of carboxylic acid groups (broad SMARTS) is 1. The lowest BCUT2D eigenvalue weighted by Crippen LogP contribution is -2.55. The van der Waals surface area contributed by atoms with Crippen molar-refractivity contribution in [2.45, 2.75) is 50.5 Å². The predicted octanol–water partition coefficient (Wildman–Crippen LogP) is 2.52. The molecule has 0 saturated heterocycles. The van der Waals surface area contributed by atoms with Crippen LogP contribution in [0.25, 0.3) is 0 Å². The molecule has 0 atom stereocenters. The topological polar surface area (TPSA) is 66.4 Å². The van der Waals surface area contributed by atoms with Crippen LogP contribution in [-0.2, 0) is 16.0 Å². The number of aliphatic carboxylic acids is 1. The van der Waals surface area contributed by atoms with Gasteiger partial charge in [0, 0.05) is 6.42 Å². The summed E-state index contributed by atoms with van der Waals surface area (Å²) in [5.41, 5.74) is 0.0575. The van der Waals surface area contributed by atoms with Gasteiger partial charge in [-0.15, -0.1) is 0 Å². The number of carbonyl (C=O) groups is 2. The highest BCUT2D eigenvalue weighted by Gasteiger charge is 2.40. The molecule has 4 nitrogen and oxygen atoms in total. The molecule has 0 aromatic heterocycles. The third-order valence-electron chi connectivity index (χ3n) is 3.98. The average molecular weight is 275 g/mol. The van der Waals surface area contributed by atoms with Crippen molar-refractivity contribution in [1.82, 2.24) is 5.32 Å². The quantitative estimate of drug-likeness (QED) is 0.867. The molecule has 1 aliphatic rings. The molecule has 0 bridgehead atoms. The van der Waals surface area contributed by atoms with Crippen molar-refractivity contribution in [2.24, 2.45) is 0 Å². The molecule has 20 heavy (non-hydrogen) atoms. The molecule has 0 aliphatic heterocycles. The first-order chi connectivity index (χ1) is 9.62. The third kappa shape index (κ3) is 3.59. The minimum absolute atomic E-state index is 0.168. The lowest BCUT2D eigenvalue weighted by atomic mass is 9.81. The molecular formula is C16H21NO3. The summed E-state index contributed by atoms with van der Waals surface area (Å²) in [4.78, 5) is 23.5. The molecule has 1 aliphatic carbocycles. The third-order valence-corrected chi connectivity index (χ3v) is 3.98. The van der Waals surface area contributed by atoms with Crippen molar-refractivity contribution in [3.05, 3.63) is 35.9 Å². The van der Waals surface area contributed by atoms with Crippen LogP contribution >= 0.6 is 0 Å². The minimum atomic E-state index is -1.04. The molecule has 1 aromatic rings. The lowest BCUT2D eigenvalue weighted by molar-refractivity contribution is -0.149. The van der Waals surface area contributed by atoms with Crippen LogP contribution in [-0.4, -0.2) is 22.5 Å². The standard InChI is InChI=1S/C16H21NO3/c18-14(10-9-13-7-3-1-4-8-13)17-16(15(19)20)11-5-2-6-12-16/h1,3-4,7-8H,2,5-6,9-12H2,(H,17,18)(H,19,20). The van der Waals surface area contributed by atoms with E-state index in [1.807, 2.05) is 30.3 Å². The summed E-state index contributed by atoms with van der Waals surface area (Å²) in [6.45, 7) is 0. The van der Waals surface area contributed by atoms with Crippen molar-refractivity contribution in [2.75, 3.05) is 0 Å². The van der Waals surface area contributed by atoms with Crippen molar-refractivity contribution < 1.29 is 14.7 Å². The molecule has 1 saturated carbocycles. The summed E-state index contributed by atoms with van der Waals surface area (Å²) in [6.07, 6.45) is 4.84. The van der Waals surface area contributed by atoms with Gasteiger partial charge in [-0.3, -0.25) is 4.79 Å². The van der Waals surface area contributed by atoms with E-state index in [9.17, 15) is 14.7 Å². The van der Waals surface area contributed by atoms with E-state index < -0.39 is 11.5 Å². The predicted molar refractivity (Wildman–Crippen MR) is 76.4 cm³/mol. The van der Waals surface area contributed by atoms with Crippen LogP contribution in [0, 0.1) is 0 Å². The van der Waals surface area contributed by atoms with Gasteiger partial charge in [-0.2, -0.15) is 0 Å². The first-order valence-corrected chi connectivity index (χ1v) is 7.21. The Morgan fingerprint density at radius 3 is 2.35 bits per heavy atom. The molecule has 0 unspecified atom stereocenters. The van der Waals surface area contributed by atoms with Gasteiger partial charge in [-0.25, -0.2) is 4.79 Å². The zero-order chi connectivity index (χ0) is 14.4. The number of aryl methyl sites for hydroxylation is 1. The van der Waals surface area contributed by atoms with Gasteiger partial charge < -0.3 is 10.4 Å². The minimum Gasteiger partial charge on any atom is -0.480 e. The summed E-state index contributed by atoms with van der Waals surface area (Å²) in [6, 6.07) is 9.76. The first-order valence-electron chi connectivity index (χ1n) is 7.21. The fraction of sp³-hybridized carbons (Fsp3) is 0.500. The molecular weight excluding hydrogens is 254 g/mol. The van der Waals surface area contributed by atoms with Gasteiger partial charge in [0.1, 0.15) is 5.54 Å². The molecule has 0 heterocycles. The molecule has 4 heteroatoms. The molecule has 2 N–H and O–H groups in total. The summed E-state index contributed by atoms with van der Waals surface area (Å²) in [5, 5.41) is 12.2. The fourth-order valence-electron chi connectivity index (χ4n) is 2.78. The van der Waals surface area contributed by atoms with Gasteiger partial charge in [0.05, 0.1) is 0 Å². The van der Waals surface area contributed by atoms with E-state index in [2.05, 4.69) is 5.32 Å². The second kappa shape index (κ2) is 6.55. The summed E-state index contributed by atoms with van der Waals surface area (Å²) >= 11 is 0. The van der Waals surface area contributed by atoms with Gasteiger partial charge >= 0.3 is 5.97 Å². The number of rotatable bonds is 5. The van der Waals surface area contributed by atoms with Gasteiger partial charge in [0.15, 0.2) is 0 Å². The Kier molecular flexibility index (Phi) is 4.77. The van der Waals surface area contributed by atoms with Crippen molar-refractivity contribution in [3.8, 4) is 0 Å². The molecule has 1 amide bonds. The second-order valence-corrected chi connectivity index (χ2v) is 5.48. The van der Waals surface area contributed by atoms with E-state index in [1.165, 1.54) is 0 Å². The maximum absolute atomic E-state index is 12.0. The maximum Gasteiger partial charge on any atom is 0.329 e. The summed E-state index contributed by atoms with van der Waals surface area (Å²) in [5.74, 6) is -1.07. The molecule has 1 aromatic carbocycles. The number of nitrogens with one attached hydrogen (secondary N) is 1. The Bertz CT molecular complexity index is 464. The molecule has 108 valence electrons. The Balaban J connectivity index is 1.90. The van der Waals surface area contributed by atoms with Gasteiger partial charge in [-0.05, 0) is 24.8 Å². The van der Waals surface area contributed by atoms with Gasteiger partial charge in [-0.1, -0.05) is 49.6 Å².